The quantitative estimate of drug-likeness (QED) is 0.526. The van der Waals surface area contributed by atoms with Gasteiger partial charge in [-0.05, 0) is 63.9 Å². The Kier molecular flexibility index (Phi) is 6.49. The summed E-state index contributed by atoms with van der Waals surface area (Å²) in [5, 5.41) is 0. The number of benzene rings is 2. The van der Waals surface area contributed by atoms with Crippen LogP contribution in [0.3, 0.4) is 0 Å². The van der Waals surface area contributed by atoms with Crippen molar-refractivity contribution in [2.45, 2.75) is 45.8 Å². The van der Waals surface area contributed by atoms with Crippen molar-refractivity contribution >= 4 is 17.5 Å². The Labute approximate surface area is 200 Å². The standard InChI is InChI=1S/C27H31NO6/c1-27(2,3)34-26(31)17-8-7-11-28(15-17)14-16-12-19-23(21(13-16)33-5)25(30)22-18(24(19)29)9-6-10-20(22)32-4/h6,9-10,12-13,17H,7-8,11,14-15H2,1-5H3/t17-/m1/s1. The van der Waals surface area contributed by atoms with E-state index in [0.717, 1.165) is 24.9 Å². The second-order valence-corrected chi connectivity index (χ2v) is 9.87. The second-order valence-electron chi connectivity index (χ2n) is 9.87. The van der Waals surface area contributed by atoms with Gasteiger partial charge in [0, 0.05) is 24.2 Å². The van der Waals surface area contributed by atoms with Crippen LogP contribution < -0.4 is 9.47 Å². The highest BCUT2D eigenvalue weighted by Crippen LogP contribution is 2.38. The zero-order valence-corrected chi connectivity index (χ0v) is 20.4. The summed E-state index contributed by atoms with van der Waals surface area (Å²) in [6.45, 7) is 7.58. The lowest BCUT2D eigenvalue weighted by atomic mass is 9.82. The number of methoxy groups -OCH3 is 2. The molecule has 2 aromatic carbocycles. The van der Waals surface area contributed by atoms with E-state index in [1.807, 2.05) is 26.8 Å². The van der Waals surface area contributed by atoms with Gasteiger partial charge in [0.1, 0.15) is 17.1 Å². The molecule has 1 atom stereocenters. The van der Waals surface area contributed by atoms with E-state index in [1.165, 1.54) is 14.2 Å². The van der Waals surface area contributed by atoms with Crippen molar-refractivity contribution in [3.8, 4) is 11.5 Å². The third kappa shape index (κ3) is 4.57. The van der Waals surface area contributed by atoms with E-state index in [2.05, 4.69) is 4.90 Å². The van der Waals surface area contributed by atoms with Crippen molar-refractivity contribution in [3.63, 3.8) is 0 Å². The Balaban J connectivity index is 1.62. The Bertz CT molecular complexity index is 1150. The van der Waals surface area contributed by atoms with Gasteiger partial charge in [-0.15, -0.1) is 0 Å². The highest BCUT2D eigenvalue weighted by atomic mass is 16.6. The molecule has 0 aromatic heterocycles. The van der Waals surface area contributed by atoms with E-state index in [4.69, 9.17) is 14.2 Å². The second kappa shape index (κ2) is 9.22. The topological polar surface area (TPSA) is 82.1 Å². The summed E-state index contributed by atoms with van der Waals surface area (Å²) in [6, 6.07) is 8.61. The Morgan fingerprint density at radius 3 is 2.38 bits per heavy atom. The first kappa shape index (κ1) is 24.0. The zero-order valence-electron chi connectivity index (χ0n) is 20.4. The zero-order chi connectivity index (χ0) is 24.6. The van der Waals surface area contributed by atoms with Gasteiger partial charge in [-0.25, -0.2) is 0 Å². The number of piperidine rings is 1. The van der Waals surface area contributed by atoms with Crippen LogP contribution in [-0.2, 0) is 16.1 Å². The Morgan fingerprint density at radius 2 is 1.71 bits per heavy atom. The molecule has 7 nitrogen and oxygen atoms in total. The largest absolute Gasteiger partial charge is 0.496 e. The number of carbonyl (C=O) groups excluding carboxylic acids is 3. The fourth-order valence-electron chi connectivity index (χ4n) is 4.77. The van der Waals surface area contributed by atoms with Gasteiger partial charge >= 0.3 is 5.97 Å². The van der Waals surface area contributed by atoms with Crippen LogP contribution in [0.1, 0.15) is 71.0 Å². The third-order valence-corrected chi connectivity index (χ3v) is 6.22. The molecule has 2 aliphatic rings. The van der Waals surface area contributed by atoms with E-state index in [-0.39, 0.29) is 34.6 Å². The first-order valence-electron chi connectivity index (χ1n) is 11.6. The number of fused-ring (bicyclic) bond motifs is 2. The first-order chi connectivity index (χ1) is 16.1. The molecular formula is C27H31NO6. The number of hydrogen-bond donors (Lipinski definition) is 0. The van der Waals surface area contributed by atoms with Gasteiger partial charge in [0.25, 0.3) is 0 Å². The molecule has 1 aliphatic heterocycles. The van der Waals surface area contributed by atoms with E-state index in [1.54, 1.807) is 24.3 Å². The minimum absolute atomic E-state index is 0.174. The molecule has 1 fully saturated rings. The molecule has 7 heteroatoms. The van der Waals surface area contributed by atoms with Crippen LogP contribution in [0, 0.1) is 5.92 Å². The van der Waals surface area contributed by atoms with Crippen LogP contribution in [0.15, 0.2) is 30.3 Å². The van der Waals surface area contributed by atoms with Crippen molar-refractivity contribution in [2.24, 2.45) is 5.92 Å². The number of nitrogens with zero attached hydrogens (tertiary/aromatic N) is 1. The van der Waals surface area contributed by atoms with Crippen molar-refractivity contribution in [1.82, 2.24) is 4.90 Å². The molecule has 2 aromatic rings. The lowest BCUT2D eigenvalue weighted by molar-refractivity contribution is -0.162. The van der Waals surface area contributed by atoms with Gasteiger partial charge in [0.15, 0.2) is 5.78 Å². The summed E-state index contributed by atoms with van der Waals surface area (Å²) >= 11 is 0. The summed E-state index contributed by atoms with van der Waals surface area (Å²) in [4.78, 5) is 41.5. The lowest BCUT2D eigenvalue weighted by Crippen LogP contribution is -2.40. The number of ether oxygens (including phenoxy) is 3. The van der Waals surface area contributed by atoms with Crippen molar-refractivity contribution < 1.29 is 28.6 Å². The lowest BCUT2D eigenvalue weighted by Gasteiger charge is -2.33. The molecule has 1 saturated heterocycles. The minimum Gasteiger partial charge on any atom is -0.496 e. The maximum absolute atomic E-state index is 13.4. The molecule has 0 amide bonds. The number of carbonyl (C=O) groups is 3. The van der Waals surface area contributed by atoms with Crippen LogP contribution >= 0.6 is 0 Å². The molecule has 0 N–H and O–H groups in total. The summed E-state index contributed by atoms with van der Waals surface area (Å²) in [5.41, 5.74) is 1.54. The van der Waals surface area contributed by atoms with Gasteiger partial charge < -0.3 is 14.2 Å². The van der Waals surface area contributed by atoms with E-state index >= 15 is 0 Å². The fraction of sp³-hybridized carbons (Fsp3) is 0.444. The van der Waals surface area contributed by atoms with Gasteiger partial charge in [-0.3, -0.25) is 19.3 Å². The molecular weight excluding hydrogens is 434 g/mol. The van der Waals surface area contributed by atoms with Gasteiger partial charge in [-0.2, -0.15) is 0 Å². The Morgan fingerprint density at radius 1 is 1.00 bits per heavy atom. The van der Waals surface area contributed by atoms with Crippen molar-refractivity contribution in [2.75, 3.05) is 27.3 Å². The molecule has 34 heavy (non-hydrogen) atoms. The summed E-state index contributed by atoms with van der Waals surface area (Å²) in [5.74, 6) is -0.138. The summed E-state index contributed by atoms with van der Waals surface area (Å²) in [6.07, 6.45) is 1.68. The summed E-state index contributed by atoms with van der Waals surface area (Å²) in [7, 11) is 2.97. The Hall–Kier alpha value is -3.19. The molecule has 1 heterocycles. The predicted molar refractivity (Wildman–Crippen MR) is 127 cm³/mol. The first-order valence-corrected chi connectivity index (χ1v) is 11.6. The fourth-order valence-corrected chi connectivity index (χ4v) is 4.77. The molecule has 0 saturated carbocycles. The minimum atomic E-state index is -0.517. The normalized spacial score (nSPS) is 18.2. The average molecular weight is 466 g/mol. The molecule has 4 rings (SSSR count). The number of ketones is 2. The van der Waals surface area contributed by atoms with Crippen molar-refractivity contribution in [3.05, 3.63) is 58.1 Å². The summed E-state index contributed by atoms with van der Waals surface area (Å²) < 4.78 is 16.5. The molecule has 0 spiro atoms. The highest BCUT2D eigenvalue weighted by molar-refractivity contribution is 6.30. The van der Waals surface area contributed by atoms with E-state index < -0.39 is 5.60 Å². The molecule has 1 aliphatic carbocycles. The predicted octanol–water partition coefficient (Wildman–Crippen LogP) is 4.03. The van der Waals surface area contributed by atoms with Crippen LogP contribution in [0.4, 0.5) is 0 Å². The van der Waals surface area contributed by atoms with Crippen LogP contribution in [-0.4, -0.2) is 55.3 Å². The van der Waals surface area contributed by atoms with Gasteiger partial charge in [0.2, 0.25) is 5.78 Å². The number of rotatable bonds is 5. The van der Waals surface area contributed by atoms with E-state index in [0.29, 0.717) is 35.7 Å². The SMILES string of the molecule is COc1cccc2c1C(=O)c1c(OC)cc(CN3CCC[C@@H](C(=O)OC(C)(C)C)C3)cc1C2=O. The number of likely N-dealkylation sites (tertiary alicyclic amines) is 1. The molecule has 0 unspecified atom stereocenters. The van der Waals surface area contributed by atoms with Gasteiger partial charge in [-0.1, -0.05) is 12.1 Å². The van der Waals surface area contributed by atoms with Crippen LogP contribution in [0.25, 0.3) is 0 Å². The molecule has 0 radical (unpaired) electrons. The maximum atomic E-state index is 13.4. The number of esters is 1. The monoisotopic (exact) mass is 465 g/mol. The van der Waals surface area contributed by atoms with Gasteiger partial charge in [0.05, 0.1) is 31.3 Å². The van der Waals surface area contributed by atoms with E-state index in [9.17, 15) is 14.4 Å². The highest BCUT2D eigenvalue weighted by Gasteiger charge is 2.36. The smallest absolute Gasteiger partial charge is 0.310 e. The maximum Gasteiger partial charge on any atom is 0.310 e. The third-order valence-electron chi connectivity index (χ3n) is 6.22. The molecule has 180 valence electrons. The van der Waals surface area contributed by atoms with Crippen molar-refractivity contribution in [1.29, 1.82) is 0 Å². The number of hydrogen-bond acceptors (Lipinski definition) is 7. The van der Waals surface area contributed by atoms with Crippen LogP contribution in [0.5, 0.6) is 11.5 Å². The molecule has 0 bridgehead atoms. The van der Waals surface area contributed by atoms with Crippen LogP contribution in [0.2, 0.25) is 0 Å². The average Bonchev–Trinajstić information content (AvgIpc) is 2.80.